The topological polar surface area (TPSA) is 135 Å². The second-order valence-electron chi connectivity index (χ2n) is 7.34. The number of hydrogen-bond donors (Lipinski definition) is 1. The second-order valence-corrected chi connectivity index (χ2v) is 8.84. The minimum atomic E-state index is -5.14. The van der Waals surface area contributed by atoms with Gasteiger partial charge in [-0.05, 0) is 12.8 Å². The van der Waals surface area contributed by atoms with Crippen LogP contribution in [0.15, 0.2) is 0 Å². The molecule has 29 heavy (non-hydrogen) atoms. The van der Waals surface area contributed by atoms with Gasteiger partial charge in [0.1, 0.15) is 5.25 Å². The van der Waals surface area contributed by atoms with Crippen LogP contribution in [0, 0.1) is 5.41 Å². The number of carbonyl (C=O) groups is 2. The van der Waals surface area contributed by atoms with Crippen LogP contribution in [0.2, 0.25) is 0 Å². The summed E-state index contributed by atoms with van der Waals surface area (Å²) in [4.78, 5) is 23.3. The molecule has 0 aromatic carbocycles. The summed E-state index contributed by atoms with van der Waals surface area (Å²) in [5, 5.41) is 20.8. The van der Waals surface area contributed by atoms with Gasteiger partial charge in [0.25, 0.3) is 10.1 Å². The normalized spacial score (nSPS) is 14.2. The molecule has 0 aromatic rings. The van der Waals surface area contributed by atoms with E-state index in [4.69, 9.17) is 0 Å². The summed E-state index contributed by atoms with van der Waals surface area (Å²) in [5.41, 5.74) is -2.18. The second kappa shape index (κ2) is 18.4. The van der Waals surface area contributed by atoms with Crippen molar-refractivity contribution in [1.82, 2.24) is 0 Å². The van der Waals surface area contributed by atoms with E-state index in [9.17, 15) is 32.8 Å². The summed E-state index contributed by atoms with van der Waals surface area (Å²) in [6.07, 6.45) is 8.78. The van der Waals surface area contributed by atoms with Crippen molar-refractivity contribution in [2.75, 3.05) is 0 Å². The molecule has 0 saturated carbocycles. The third-order valence-corrected chi connectivity index (χ3v) is 6.36. The van der Waals surface area contributed by atoms with E-state index >= 15 is 0 Å². The number of carboxylic acid groups (broad SMARTS) is 2. The van der Waals surface area contributed by atoms with Gasteiger partial charge in [0.2, 0.25) is 0 Å². The maximum absolute atomic E-state index is 11.9. The van der Waals surface area contributed by atoms with E-state index < -0.39 is 32.7 Å². The smallest absolute Gasteiger partial charge is 0.549 e. The zero-order valence-corrected chi connectivity index (χ0v) is 23.4. The average molecular weight is 453 g/mol. The average Bonchev–Trinajstić information content (AvgIpc) is 2.55. The van der Waals surface area contributed by atoms with E-state index in [-0.39, 0.29) is 72.0 Å². The predicted molar refractivity (Wildman–Crippen MR) is 99.2 cm³/mol. The molecule has 2 atom stereocenters. The summed E-state index contributed by atoms with van der Waals surface area (Å²) in [7, 11) is -5.14. The van der Waals surface area contributed by atoms with Gasteiger partial charge in [-0.3, -0.25) is 4.55 Å². The molecule has 0 aliphatic rings. The van der Waals surface area contributed by atoms with Gasteiger partial charge in [-0.2, -0.15) is 8.42 Å². The van der Waals surface area contributed by atoms with Crippen LogP contribution in [0.25, 0.3) is 0 Å². The van der Waals surface area contributed by atoms with E-state index in [1.807, 2.05) is 6.92 Å². The molecule has 160 valence electrons. The molecule has 0 aliphatic heterocycles. The Labute approximate surface area is 220 Å². The molecule has 0 spiro atoms. The number of rotatable bonds is 17. The van der Waals surface area contributed by atoms with Crippen LogP contribution in [0.1, 0.15) is 97.3 Å². The first-order chi connectivity index (χ1) is 12.6. The van der Waals surface area contributed by atoms with E-state index in [1.54, 1.807) is 0 Å². The van der Waals surface area contributed by atoms with Gasteiger partial charge in [-0.15, -0.1) is 0 Å². The fourth-order valence-corrected chi connectivity index (χ4v) is 4.74. The molecule has 0 saturated heterocycles. The molecule has 0 fully saturated rings. The number of carbonyl (C=O) groups excluding carboxylic acids is 2. The summed E-state index contributed by atoms with van der Waals surface area (Å²) < 4.78 is 32.6. The molecule has 0 bridgehead atoms. The van der Waals surface area contributed by atoms with E-state index in [1.165, 1.54) is 6.42 Å². The van der Waals surface area contributed by atoms with Gasteiger partial charge in [0.15, 0.2) is 0 Å². The molecule has 7 nitrogen and oxygen atoms in total. The number of hydrogen-bond acceptors (Lipinski definition) is 6. The van der Waals surface area contributed by atoms with Gasteiger partial charge < -0.3 is 19.8 Å². The largest absolute Gasteiger partial charge is 1.00 e. The summed E-state index contributed by atoms with van der Waals surface area (Å²) in [6, 6.07) is 0. The zero-order chi connectivity index (χ0) is 20.9. The molecule has 0 heterocycles. The molecule has 0 aliphatic carbocycles. The first-order valence-corrected chi connectivity index (χ1v) is 11.5. The van der Waals surface area contributed by atoms with Crippen molar-refractivity contribution in [1.29, 1.82) is 0 Å². The van der Waals surface area contributed by atoms with Crippen molar-refractivity contribution >= 4 is 22.1 Å². The number of aliphatic carboxylic acids is 2. The van der Waals surface area contributed by atoms with Gasteiger partial charge in [0, 0.05) is 11.4 Å². The maximum atomic E-state index is 11.9. The van der Waals surface area contributed by atoms with Crippen molar-refractivity contribution in [2.45, 2.75) is 103 Å². The summed E-state index contributed by atoms with van der Waals surface area (Å²) >= 11 is 0. The Morgan fingerprint density at radius 1 is 0.793 bits per heavy atom. The Bertz CT molecular complexity index is 555. The zero-order valence-electron chi connectivity index (χ0n) is 18.6. The van der Waals surface area contributed by atoms with Crippen LogP contribution < -0.4 is 69.3 Å². The Hall–Kier alpha value is 0.850. The first-order valence-electron chi connectivity index (χ1n) is 10.0. The Balaban J connectivity index is -0.00000338. The van der Waals surface area contributed by atoms with E-state index in [0.29, 0.717) is 25.7 Å². The minimum Gasteiger partial charge on any atom is -0.549 e. The number of carboxylic acids is 2. The molecular weight excluding hydrogens is 418 g/mol. The Kier molecular flexibility index (Phi) is 21.9. The molecule has 0 amide bonds. The third-order valence-electron chi connectivity index (χ3n) is 5.12. The van der Waals surface area contributed by atoms with Gasteiger partial charge >= 0.3 is 59.1 Å². The molecule has 2 unspecified atom stereocenters. The summed E-state index contributed by atoms with van der Waals surface area (Å²) in [5.74, 6) is -3.86. The van der Waals surface area contributed by atoms with Crippen molar-refractivity contribution in [3.05, 3.63) is 0 Å². The SMILES string of the molecule is CCCCCCCCCCC(CCCCC)(C(=O)[O-])C(C(=O)[O-])S(=O)(=O)O.[Na+].[Na+]. The minimum absolute atomic E-state index is 0. The van der Waals surface area contributed by atoms with Crippen LogP contribution in [0.3, 0.4) is 0 Å². The maximum Gasteiger partial charge on any atom is 1.00 e. The molecule has 0 aromatic heterocycles. The molecule has 0 rings (SSSR count). The monoisotopic (exact) mass is 452 g/mol. The quantitative estimate of drug-likeness (QED) is 0.134. The van der Waals surface area contributed by atoms with Gasteiger partial charge in [-0.1, -0.05) is 84.5 Å². The van der Waals surface area contributed by atoms with E-state index in [0.717, 1.165) is 38.5 Å². The van der Waals surface area contributed by atoms with Crippen LogP contribution in [-0.2, 0) is 19.7 Å². The van der Waals surface area contributed by atoms with Crippen LogP contribution in [0.4, 0.5) is 0 Å². The van der Waals surface area contributed by atoms with Crippen LogP contribution >= 0.6 is 0 Å². The van der Waals surface area contributed by atoms with Gasteiger partial charge in [0.05, 0.1) is 5.97 Å². The number of unbranched alkanes of at least 4 members (excludes halogenated alkanes) is 9. The molecule has 10 heteroatoms. The molecular formula is C19H34Na2O7S. The Morgan fingerprint density at radius 2 is 1.14 bits per heavy atom. The Morgan fingerprint density at radius 3 is 1.48 bits per heavy atom. The third kappa shape index (κ3) is 13.1. The van der Waals surface area contributed by atoms with Crippen molar-refractivity contribution in [3.63, 3.8) is 0 Å². The fourth-order valence-electron chi connectivity index (χ4n) is 3.60. The van der Waals surface area contributed by atoms with Crippen LogP contribution in [-0.4, -0.2) is 30.2 Å². The molecule has 0 radical (unpaired) electrons. The van der Waals surface area contributed by atoms with E-state index in [2.05, 4.69) is 6.92 Å². The predicted octanol–water partition coefficient (Wildman–Crippen LogP) is -4.15. The summed E-state index contributed by atoms with van der Waals surface area (Å²) in [6.45, 7) is 4.01. The van der Waals surface area contributed by atoms with Crippen molar-refractivity contribution in [3.8, 4) is 0 Å². The van der Waals surface area contributed by atoms with Crippen molar-refractivity contribution in [2.24, 2.45) is 5.41 Å². The van der Waals surface area contributed by atoms with Crippen molar-refractivity contribution < 1.29 is 91.9 Å². The van der Waals surface area contributed by atoms with Crippen LogP contribution in [0.5, 0.6) is 0 Å². The molecule has 1 N–H and O–H groups in total. The first kappa shape index (κ1) is 34.5. The van der Waals surface area contributed by atoms with Gasteiger partial charge in [-0.25, -0.2) is 0 Å². The fraction of sp³-hybridized carbons (Fsp3) is 0.895. The standard InChI is InChI=1S/C19H36O7S.2Na/c1-3-5-7-8-9-10-11-13-15-19(18(22)23,14-12-6-4-2)16(17(20)21)27(24,25)26;;/h16H,3-15H2,1-2H3,(H,20,21)(H,22,23)(H,24,25,26);;/q;2*+1/p-2.